The Bertz CT molecular complexity index is 794. The third-order valence-corrected chi connectivity index (χ3v) is 5.91. The standard InChI is InChI=1S/C17H24N2O2S/c1-11-7-12(2)17(13(3)8-11)22(20,21)18-10-16-9-14(4)19(6)15(16)5/h7-9,18H,10H2,1-6H3. The fourth-order valence-corrected chi connectivity index (χ4v) is 4.40. The van der Waals surface area contributed by atoms with Gasteiger partial charge in [-0.1, -0.05) is 17.7 Å². The molecule has 0 atom stereocenters. The van der Waals surface area contributed by atoms with Crippen molar-refractivity contribution in [2.75, 3.05) is 0 Å². The maximum Gasteiger partial charge on any atom is 0.241 e. The summed E-state index contributed by atoms with van der Waals surface area (Å²) in [6.45, 7) is 9.97. The largest absolute Gasteiger partial charge is 0.352 e. The average Bonchev–Trinajstić information content (AvgIpc) is 2.62. The van der Waals surface area contributed by atoms with Crippen molar-refractivity contribution in [1.82, 2.24) is 9.29 Å². The maximum absolute atomic E-state index is 12.6. The second-order valence-electron chi connectivity index (χ2n) is 6.01. The molecule has 120 valence electrons. The molecule has 22 heavy (non-hydrogen) atoms. The summed E-state index contributed by atoms with van der Waals surface area (Å²) in [7, 11) is -1.53. The molecule has 0 spiro atoms. The zero-order valence-corrected chi connectivity index (χ0v) is 14.9. The molecule has 1 aromatic heterocycles. The summed E-state index contributed by atoms with van der Waals surface area (Å²) >= 11 is 0. The predicted molar refractivity (Wildman–Crippen MR) is 89.6 cm³/mol. The van der Waals surface area contributed by atoms with E-state index in [0.29, 0.717) is 11.4 Å². The highest BCUT2D eigenvalue weighted by molar-refractivity contribution is 7.89. The molecule has 0 fully saturated rings. The van der Waals surface area contributed by atoms with E-state index in [4.69, 9.17) is 0 Å². The van der Waals surface area contributed by atoms with Crippen molar-refractivity contribution in [2.45, 2.75) is 46.1 Å². The lowest BCUT2D eigenvalue weighted by Crippen LogP contribution is -2.25. The Morgan fingerprint density at radius 1 is 1.00 bits per heavy atom. The second-order valence-corrected chi connectivity index (χ2v) is 7.71. The first kappa shape index (κ1) is 16.8. The third kappa shape index (κ3) is 3.10. The zero-order valence-electron chi connectivity index (χ0n) is 14.1. The van der Waals surface area contributed by atoms with Crippen LogP contribution in [-0.2, 0) is 23.6 Å². The Balaban J connectivity index is 2.31. The van der Waals surface area contributed by atoms with Crippen LogP contribution < -0.4 is 4.72 Å². The number of aromatic nitrogens is 1. The van der Waals surface area contributed by atoms with Gasteiger partial charge in [-0.2, -0.15) is 0 Å². The molecule has 0 aliphatic rings. The summed E-state index contributed by atoms with van der Waals surface area (Å²) in [6.07, 6.45) is 0. The highest BCUT2D eigenvalue weighted by Crippen LogP contribution is 2.22. The Morgan fingerprint density at radius 2 is 1.55 bits per heavy atom. The van der Waals surface area contributed by atoms with Crippen LogP contribution in [0.5, 0.6) is 0 Å². The minimum atomic E-state index is -3.52. The molecule has 2 rings (SSSR count). The van der Waals surface area contributed by atoms with E-state index in [9.17, 15) is 8.42 Å². The minimum Gasteiger partial charge on any atom is -0.352 e. The van der Waals surface area contributed by atoms with E-state index in [1.54, 1.807) is 0 Å². The predicted octanol–water partition coefficient (Wildman–Crippen LogP) is 3.05. The summed E-state index contributed by atoms with van der Waals surface area (Å²) in [4.78, 5) is 0.392. The number of benzene rings is 1. The maximum atomic E-state index is 12.6. The molecule has 0 amide bonds. The number of aryl methyl sites for hydroxylation is 4. The van der Waals surface area contributed by atoms with Crippen LogP contribution in [0.2, 0.25) is 0 Å². The van der Waals surface area contributed by atoms with Crippen molar-refractivity contribution in [3.05, 3.63) is 51.8 Å². The van der Waals surface area contributed by atoms with Crippen LogP contribution in [0.1, 0.15) is 33.6 Å². The van der Waals surface area contributed by atoms with E-state index in [-0.39, 0.29) is 0 Å². The van der Waals surface area contributed by atoms with Crippen LogP contribution in [0.25, 0.3) is 0 Å². The molecule has 0 saturated heterocycles. The SMILES string of the molecule is Cc1cc(C)c(S(=O)(=O)NCc2cc(C)n(C)c2C)c(C)c1. The topological polar surface area (TPSA) is 51.1 Å². The summed E-state index contributed by atoms with van der Waals surface area (Å²) < 4.78 is 30.1. The lowest BCUT2D eigenvalue weighted by molar-refractivity contribution is 0.579. The Kier molecular flexibility index (Phi) is 4.49. The van der Waals surface area contributed by atoms with Gasteiger partial charge in [0.05, 0.1) is 4.90 Å². The van der Waals surface area contributed by atoms with E-state index in [1.165, 1.54) is 0 Å². The van der Waals surface area contributed by atoms with Gasteiger partial charge < -0.3 is 4.57 Å². The van der Waals surface area contributed by atoms with Crippen molar-refractivity contribution in [1.29, 1.82) is 0 Å². The number of nitrogens with zero attached hydrogens (tertiary/aromatic N) is 1. The normalized spacial score (nSPS) is 11.9. The molecule has 1 aromatic carbocycles. The summed E-state index contributed by atoms with van der Waals surface area (Å²) in [6, 6.07) is 5.83. The van der Waals surface area contributed by atoms with E-state index >= 15 is 0 Å². The van der Waals surface area contributed by atoms with Crippen LogP contribution in [0.15, 0.2) is 23.1 Å². The summed E-state index contributed by atoms with van der Waals surface area (Å²) in [5.41, 5.74) is 5.85. The highest BCUT2D eigenvalue weighted by atomic mass is 32.2. The van der Waals surface area contributed by atoms with Gasteiger partial charge in [0.1, 0.15) is 0 Å². The lowest BCUT2D eigenvalue weighted by Gasteiger charge is -2.13. The molecule has 2 aromatic rings. The first-order valence-corrected chi connectivity index (χ1v) is 8.81. The Morgan fingerprint density at radius 3 is 2.00 bits per heavy atom. The molecule has 0 radical (unpaired) electrons. The monoisotopic (exact) mass is 320 g/mol. The van der Waals surface area contributed by atoms with Gasteiger partial charge in [0.15, 0.2) is 0 Å². The quantitative estimate of drug-likeness (QED) is 0.941. The van der Waals surface area contributed by atoms with E-state index in [1.807, 2.05) is 59.9 Å². The van der Waals surface area contributed by atoms with Gasteiger partial charge in [0.25, 0.3) is 0 Å². The molecule has 0 aliphatic carbocycles. The summed E-state index contributed by atoms with van der Waals surface area (Å²) in [5.74, 6) is 0. The van der Waals surface area contributed by atoms with E-state index in [2.05, 4.69) is 9.29 Å². The van der Waals surface area contributed by atoms with Gasteiger partial charge >= 0.3 is 0 Å². The van der Waals surface area contributed by atoms with E-state index < -0.39 is 10.0 Å². The molecule has 0 saturated carbocycles. The molecule has 1 N–H and O–H groups in total. The Labute approximate surface area is 133 Å². The highest BCUT2D eigenvalue weighted by Gasteiger charge is 2.20. The third-order valence-electron chi connectivity index (χ3n) is 4.21. The second kappa shape index (κ2) is 5.89. The molecular formula is C17H24N2O2S. The molecule has 5 heteroatoms. The van der Waals surface area contributed by atoms with Gasteiger partial charge in [-0.25, -0.2) is 13.1 Å². The van der Waals surface area contributed by atoms with Crippen LogP contribution in [-0.4, -0.2) is 13.0 Å². The van der Waals surface area contributed by atoms with Crippen molar-refractivity contribution < 1.29 is 8.42 Å². The van der Waals surface area contributed by atoms with Gasteiger partial charge in [-0.05, 0) is 57.4 Å². The van der Waals surface area contributed by atoms with Crippen molar-refractivity contribution in [2.24, 2.45) is 7.05 Å². The van der Waals surface area contributed by atoms with Crippen molar-refractivity contribution in [3.63, 3.8) is 0 Å². The number of nitrogens with one attached hydrogen (secondary N) is 1. The number of hydrogen-bond acceptors (Lipinski definition) is 2. The smallest absolute Gasteiger partial charge is 0.241 e. The van der Waals surface area contributed by atoms with Crippen molar-refractivity contribution >= 4 is 10.0 Å². The van der Waals surface area contributed by atoms with Gasteiger partial charge in [0, 0.05) is 25.0 Å². The average molecular weight is 320 g/mol. The number of sulfonamides is 1. The van der Waals surface area contributed by atoms with Gasteiger partial charge in [0.2, 0.25) is 10.0 Å². The molecular weight excluding hydrogens is 296 g/mol. The molecule has 0 unspecified atom stereocenters. The van der Waals surface area contributed by atoms with E-state index in [0.717, 1.165) is 33.6 Å². The fourth-order valence-electron chi connectivity index (χ4n) is 2.95. The van der Waals surface area contributed by atoms with Crippen molar-refractivity contribution in [3.8, 4) is 0 Å². The molecule has 1 heterocycles. The van der Waals surface area contributed by atoms with Gasteiger partial charge in [-0.15, -0.1) is 0 Å². The van der Waals surface area contributed by atoms with Crippen LogP contribution in [0.4, 0.5) is 0 Å². The summed E-state index contributed by atoms with van der Waals surface area (Å²) in [5, 5.41) is 0. The molecule has 0 aliphatic heterocycles. The zero-order chi connectivity index (χ0) is 16.7. The van der Waals surface area contributed by atoms with Crippen LogP contribution in [0.3, 0.4) is 0 Å². The molecule has 4 nitrogen and oxygen atoms in total. The first-order chi connectivity index (χ1) is 10.1. The first-order valence-electron chi connectivity index (χ1n) is 7.33. The van der Waals surface area contributed by atoms with Crippen LogP contribution in [0, 0.1) is 34.6 Å². The fraction of sp³-hybridized carbons (Fsp3) is 0.412. The van der Waals surface area contributed by atoms with Crippen LogP contribution >= 0.6 is 0 Å². The Hall–Kier alpha value is -1.59. The number of hydrogen-bond donors (Lipinski definition) is 1. The number of rotatable bonds is 4. The molecule has 0 bridgehead atoms. The lowest BCUT2D eigenvalue weighted by atomic mass is 10.1. The van der Waals surface area contributed by atoms with Gasteiger partial charge in [-0.3, -0.25) is 0 Å². The minimum absolute atomic E-state index is 0.308.